The van der Waals surface area contributed by atoms with Crippen molar-refractivity contribution >= 4 is 11.9 Å². The van der Waals surface area contributed by atoms with E-state index >= 15 is 0 Å². The Bertz CT molecular complexity index is 635. The molecule has 0 radical (unpaired) electrons. The number of carbonyl (C=O) groups excluding carboxylic acids is 2. The van der Waals surface area contributed by atoms with Crippen molar-refractivity contribution in [3.63, 3.8) is 0 Å². The summed E-state index contributed by atoms with van der Waals surface area (Å²) in [5.41, 5.74) is -0.429. The minimum Gasteiger partial charge on any atom is -0.494 e. The van der Waals surface area contributed by atoms with E-state index in [1.54, 1.807) is 38.1 Å². The molecule has 6 nitrogen and oxygen atoms in total. The predicted octanol–water partition coefficient (Wildman–Crippen LogP) is 2.40. The second-order valence-corrected chi connectivity index (χ2v) is 5.87. The summed E-state index contributed by atoms with van der Waals surface area (Å²) in [6, 6.07) is 8.70. The number of carbonyl (C=O) groups is 2. The molecule has 122 valence electrons. The number of ether oxygens (including phenoxy) is 1. The molecule has 1 aromatic rings. The van der Waals surface area contributed by atoms with Crippen LogP contribution in [-0.4, -0.2) is 30.0 Å². The summed E-state index contributed by atoms with van der Waals surface area (Å²) >= 11 is 0. The van der Waals surface area contributed by atoms with Gasteiger partial charge in [-0.2, -0.15) is 5.26 Å². The number of nitrogens with one attached hydrogen (secondary N) is 1. The average Bonchev–Trinajstić information content (AvgIpc) is 2.77. The Hall–Kier alpha value is -2.55. The molecule has 3 amide bonds. The molecule has 2 rings (SSSR count). The van der Waals surface area contributed by atoms with Crippen molar-refractivity contribution in [3.8, 4) is 11.8 Å². The monoisotopic (exact) mass is 315 g/mol. The second kappa shape index (κ2) is 6.69. The maximum Gasteiger partial charge on any atom is 0.325 e. The molecule has 0 spiro atoms. The van der Waals surface area contributed by atoms with Gasteiger partial charge in [0.05, 0.1) is 18.6 Å². The van der Waals surface area contributed by atoms with Crippen molar-refractivity contribution in [2.45, 2.75) is 32.7 Å². The summed E-state index contributed by atoms with van der Waals surface area (Å²) in [4.78, 5) is 25.8. The Labute approximate surface area is 136 Å². The first-order chi connectivity index (χ1) is 10.9. The molecule has 23 heavy (non-hydrogen) atoms. The molecule has 1 heterocycles. The van der Waals surface area contributed by atoms with Crippen LogP contribution in [0, 0.1) is 17.2 Å². The van der Waals surface area contributed by atoms with Crippen LogP contribution in [0.2, 0.25) is 0 Å². The minimum absolute atomic E-state index is 0.0917. The van der Waals surface area contributed by atoms with Crippen molar-refractivity contribution in [2.24, 2.45) is 5.92 Å². The summed E-state index contributed by atoms with van der Waals surface area (Å²) in [7, 11) is 0. The largest absolute Gasteiger partial charge is 0.494 e. The number of benzene rings is 1. The van der Waals surface area contributed by atoms with E-state index in [0.29, 0.717) is 12.2 Å². The number of nitriles is 1. The Morgan fingerprint density at radius 3 is 2.57 bits per heavy atom. The fourth-order valence-corrected chi connectivity index (χ4v) is 2.48. The molecule has 1 aromatic carbocycles. The minimum atomic E-state index is -1.12. The zero-order valence-corrected chi connectivity index (χ0v) is 13.6. The molecular formula is C17H21N3O3. The van der Waals surface area contributed by atoms with Crippen LogP contribution < -0.4 is 10.1 Å². The molecule has 0 aliphatic carbocycles. The highest BCUT2D eigenvalue weighted by atomic mass is 16.5. The molecule has 1 aliphatic heterocycles. The highest BCUT2D eigenvalue weighted by Gasteiger charge is 2.49. The molecule has 0 bridgehead atoms. The maximum absolute atomic E-state index is 12.6. The van der Waals surface area contributed by atoms with Crippen molar-refractivity contribution in [3.05, 3.63) is 29.8 Å². The van der Waals surface area contributed by atoms with Crippen LogP contribution in [0.1, 0.15) is 32.8 Å². The first kappa shape index (κ1) is 16.8. The quantitative estimate of drug-likeness (QED) is 0.817. The number of rotatable bonds is 6. The summed E-state index contributed by atoms with van der Waals surface area (Å²) in [6.45, 7) is 6.10. The van der Waals surface area contributed by atoms with E-state index in [1.165, 1.54) is 0 Å². The fourth-order valence-electron chi connectivity index (χ4n) is 2.48. The first-order valence-corrected chi connectivity index (χ1v) is 7.69. The van der Waals surface area contributed by atoms with Crippen LogP contribution in [0.3, 0.4) is 0 Å². The molecule has 2 atom stereocenters. The van der Waals surface area contributed by atoms with Gasteiger partial charge in [0.15, 0.2) is 0 Å². The molecule has 1 N–H and O–H groups in total. The molecule has 2 unspecified atom stereocenters. The fraction of sp³-hybridized carbons (Fsp3) is 0.471. The maximum atomic E-state index is 12.6. The van der Waals surface area contributed by atoms with E-state index in [1.807, 2.05) is 13.0 Å². The summed E-state index contributed by atoms with van der Waals surface area (Å²) < 4.78 is 5.52. The lowest BCUT2D eigenvalue weighted by molar-refractivity contribution is -0.131. The Morgan fingerprint density at radius 1 is 1.35 bits per heavy atom. The Morgan fingerprint density at radius 2 is 2.00 bits per heavy atom. The Kier molecular flexibility index (Phi) is 4.89. The topological polar surface area (TPSA) is 82.4 Å². The lowest BCUT2D eigenvalue weighted by Crippen LogP contribution is -2.41. The second-order valence-electron chi connectivity index (χ2n) is 5.87. The smallest absolute Gasteiger partial charge is 0.325 e. The lowest BCUT2D eigenvalue weighted by atomic mass is 9.92. The zero-order valence-electron chi connectivity index (χ0n) is 13.6. The van der Waals surface area contributed by atoms with Crippen molar-refractivity contribution in [2.75, 3.05) is 13.2 Å². The van der Waals surface area contributed by atoms with Crippen molar-refractivity contribution in [1.29, 1.82) is 5.26 Å². The SMILES string of the molecule is CCCOc1ccc(C2(C)NC(=O)N(CC(C)C#N)C2=O)cc1. The molecule has 1 saturated heterocycles. The van der Waals surface area contributed by atoms with Gasteiger partial charge in [-0.3, -0.25) is 9.69 Å². The number of amides is 3. The van der Waals surface area contributed by atoms with Gasteiger partial charge in [0.25, 0.3) is 5.91 Å². The predicted molar refractivity (Wildman–Crippen MR) is 84.6 cm³/mol. The van der Waals surface area contributed by atoms with Gasteiger partial charge < -0.3 is 10.1 Å². The molecule has 1 aliphatic rings. The van der Waals surface area contributed by atoms with Crippen molar-refractivity contribution < 1.29 is 14.3 Å². The third-order valence-electron chi connectivity index (χ3n) is 3.86. The average molecular weight is 315 g/mol. The van der Waals surface area contributed by atoms with E-state index in [4.69, 9.17) is 10.00 Å². The van der Waals surface area contributed by atoms with Gasteiger partial charge in [-0.05, 0) is 38.0 Å². The molecular weight excluding hydrogens is 294 g/mol. The molecule has 0 aromatic heterocycles. The highest BCUT2D eigenvalue weighted by molar-refractivity contribution is 6.07. The normalized spacial score (nSPS) is 21.7. The molecule has 6 heteroatoms. The van der Waals surface area contributed by atoms with Gasteiger partial charge in [0.1, 0.15) is 11.3 Å². The first-order valence-electron chi connectivity index (χ1n) is 7.69. The third-order valence-corrected chi connectivity index (χ3v) is 3.86. The number of imide groups is 1. The van der Waals surface area contributed by atoms with Gasteiger partial charge in [0, 0.05) is 6.54 Å². The molecule has 1 fully saturated rings. The van der Waals surface area contributed by atoms with Crippen LogP contribution >= 0.6 is 0 Å². The summed E-state index contributed by atoms with van der Waals surface area (Å²) in [6.07, 6.45) is 0.917. The van der Waals surface area contributed by atoms with Crippen LogP contribution in [0.4, 0.5) is 4.79 Å². The zero-order chi connectivity index (χ0) is 17.0. The lowest BCUT2D eigenvalue weighted by Gasteiger charge is -2.22. The van der Waals surface area contributed by atoms with E-state index in [-0.39, 0.29) is 12.5 Å². The number of hydrogen-bond acceptors (Lipinski definition) is 4. The highest BCUT2D eigenvalue weighted by Crippen LogP contribution is 2.30. The van der Waals surface area contributed by atoms with Crippen molar-refractivity contribution in [1.82, 2.24) is 10.2 Å². The third kappa shape index (κ3) is 3.29. The summed E-state index contributed by atoms with van der Waals surface area (Å²) in [5, 5.41) is 11.6. The number of nitrogens with zero attached hydrogens (tertiary/aromatic N) is 2. The van der Waals surface area contributed by atoms with Crippen LogP contribution in [0.5, 0.6) is 5.75 Å². The van der Waals surface area contributed by atoms with E-state index in [2.05, 4.69) is 5.32 Å². The molecule has 0 saturated carbocycles. The van der Waals surface area contributed by atoms with E-state index in [0.717, 1.165) is 17.1 Å². The van der Waals surface area contributed by atoms with Gasteiger partial charge in [0.2, 0.25) is 0 Å². The van der Waals surface area contributed by atoms with Gasteiger partial charge in [-0.25, -0.2) is 4.79 Å². The van der Waals surface area contributed by atoms with Crippen LogP contribution in [0.15, 0.2) is 24.3 Å². The Balaban J connectivity index is 2.20. The van der Waals surface area contributed by atoms with Gasteiger partial charge >= 0.3 is 6.03 Å². The van der Waals surface area contributed by atoms with Crippen LogP contribution in [-0.2, 0) is 10.3 Å². The van der Waals surface area contributed by atoms with Gasteiger partial charge in [-0.1, -0.05) is 19.1 Å². The number of urea groups is 1. The van der Waals surface area contributed by atoms with E-state index < -0.39 is 17.5 Å². The number of hydrogen-bond donors (Lipinski definition) is 1. The standard InChI is InChI=1S/C17H21N3O3/c1-4-9-23-14-7-5-13(6-8-14)17(3)15(21)20(16(22)19-17)11-12(2)10-18/h5-8,12H,4,9,11H2,1-3H3,(H,19,22). The van der Waals surface area contributed by atoms with Crippen LogP contribution in [0.25, 0.3) is 0 Å². The summed E-state index contributed by atoms with van der Waals surface area (Å²) in [5.74, 6) is -0.0189. The van der Waals surface area contributed by atoms with Gasteiger partial charge in [-0.15, -0.1) is 0 Å². The van der Waals surface area contributed by atoms with E-state index in [9.17, 15) is 9.59 Å².